The third-order valence-electron chi connectivity index (χ3n) is 3.23. The van der Waals surface area contributed by atoms with Crippen molar-refractivity contribution in [2.75, 3.05) is 27.9 Å². The van der Waals surface area contributed by atoms with Gasteiger partial charge in [-0.2, -0.15) is 0 Å². The third kappa shape index (κ3) is 4.28. The summed E-state index contributed by atoms with van der Waals surface area (Å²) in [6, 6.07) is 3.81. The molecule has 114 valence electrons. The lowest BCUT2D eigenvalue weighted by atomic mass is 10.1. The van der Waals surface area contributed by atoms with Gasteiger partial charge >= 0.3 is 0 Å². The summed E-state index contributed by atoms with van der Waals surface area (Å²) < 4.78 is 16.0. The lowest BCUT2D eigenvalue weighted by Crippen LogP contribution is -2.20. The van der Waals surface area contributed by atoms with Crippen LogP contribution in [0.4, 0.5) is 0 Å². The van der Waals surface area contributed by atoms with Crippen LogP contribution < -0.4 is 19.5 Å². The Morgan fingerprint density at radius 1 is 1.10 bits per heavy atom. The van der Waals surface area contributed by atoms with Crippen LogP contribution in [-0.4, -0.2) is 39.1 Å². The molecule has 0 radical (unpaired) electrons. The van der Waals surface area contributed by atoms with Crippen LogP contribution in [-0.2, 0) is 6.54 Å². The number of aliphatic hydroxyl groups excluding tert-OH is 1. The molecule has 0 bridgehead atoms. The fraction of sp³-hybridized carbons (Fsp3) is 0.600. The van der Waals surface area contributed by atoms with E-state index in [1.54, 1.807) is 21.3 Å². The lowest BCUT2D eigenvalue weighted by molar-refractivity contribution is 0.159. The Hall–Kier alpha value is -1.46. The van der Waals surface area contributed by atoms with Crippen LogP contribution in [0.25, 0.3) is 0 Å². The minimum Gasteiger partial charge on any atom is -0.493 e. The minimum atomic E-state index is -0.241. The molecule has 1 unspecified atom stereocenters. The van der Waals surface area contributed by atoms with Gasteiger partial charge in [0.05, 0.1) is 27.4 Å². The van der Waals surface area contributed by atoms with E-state index < -0.39 is 0 Å². The molecule has 0 saturated heterocycles. The van der Waals surface area contributed by atoms with Crippen LogP contribution in [0, 0.1) is 0 Å². The van der Waals surface area contributed by atoms with Crippen molar-refractivity contribution in [1.82, 2.24) is 5.32 Å². The maximum absolute atomic E-state index is 9.51. The summed E-state index contributed by atoms with van der Waals surface area (Å²) in [5.74, 6) is 1.92. The summed E-state index contributed by atoms with van der Waals surface area (Å²) in [6.07, 6.45) is 1.28. The Bertz CT molecular complexity index is 409. The Kier molecular flexibility index (Phi) is 7.18. The summed E-state index contributed by atoms with van der Waals surface area (Å²) in [4.78, 5) is 0. The number of benzene rings is 1. The van der Waals surface area contributed by atoms with Crippen LogP contribution >= 0.6 is 0 Å². The highest BCUT2D eigenvalue weighted by Crippen LogP contribution is 2.39. The quantitative estimate of drug-likeness (QED) is 0.678. The van der Waals surface area contributed by atoms with Gasteiger partial charge < -0.3 is 24.6 Å². The second-order valence-corrected chi connectivity index (χ2v) is 4.52. The molecule has 0 aliphatic heterocycles. The van der Waals surface area contributed by atoms with Gasteiger partial charge in [0.2, 0.25) is 5.75 Å². The van der Waals surface area contributed by atoms with Gasteiger partial charge in [0.25, 0.3) is 0 Å². The van der Waals surface area contributed by atoms with Crippen LogP contribution in [0.1, 0.15) is 25.3 Å². The molecule has 20 heavy (non-hydrogen) atoms. The third-order valence-corrected chi connectivity index (χ3v) is 3.23. The zero-order valence-corrected chi connectivity index (χ0v) is 12.7. The fourth-order valence-corrected chi connectivity index (χ4v) is 2.00. The molecule has 2 N–H and O–H groups in total. The lowest BCUT2D eigenvalue weighted by Gasteiger charge is -2.16. The van der Waals surface area contributed by atoms with E-state index in [0.717, 1.165) is 24.9 Å². The first-order chi connectivity index (χ1) is 9.67. The van der Waals surface area contributed by atoms with E-state index in [1.807, 2.05) is 19.1 Å². The molecule has 1 rings (SSSR count). The molecule has 1 aromatic carbocycles. The fourth-order valence-electron chi connectivity index (χ4n) is 2.00. The van der Waals surface area contributed by atoms with Gasteiger partial charge in [-0.25, -0.2) is 0 Å². The van der Waals surface area contributed by atoms with Crippen molar-refractivity contribution >= 4 is 0 Å². The van der Waals surface area contributed by atoms with E-state index in [1.165, 1.54) is 0 Å². The zero-order valence-electron chi connectivity index (χ0n) is 12.7. The Balaban J connectivity index is 2.70. The monoisotopic (exact) mass is 283 g/mol. The minimum absolute atomic E-state index is 0.241. The first-order valence-electron chi connectivity index (χ1n) is 6.84. The highest BCUT2D eigenvalue weighted by atomic mass is 16.5. The van der Waals surface area contributed by atoms with Crippen molar-refractivity contribution in [3.63, 3.8) is 0 Å². The van der Waals surface area contributed by atoms with Gasteiger partial charge in [0.15, 0.2) is 11.5 Å². The number of nitrogens with one attached hydrogen (secondary N) is 1. The maximum Gasteiger partial charge on any atom is 0.203 e. The average Bonchev–Trinajstić information content (AvgIpc) is 2.49. The van der Waals surface area contributed by atoms with Gasteiger partial charge in [-0.05, 0) is 25.5 Å². The highest BCUT2D eigenvalue weighted by molar-refractivity contribution is 5.55. The van der Waals surface area contributed by atoms with Crippen molar-refractivity contribution in [1.29, 1.82) is 0 Å². The Labute approximate surface area is 120 Å². The molecule has 1 aromatic rings. The number of hydrogen-bond acceptors (Lipinski definition) is 5. The van der Waals surface area contributed by atoms with E-state index in [-0.39, 0.29) is 6.10 Å². The van der Waals surface area contributed by atoms with E-state index in [0.29, 0.717) is 23.8 Å². The molecule has 0 spiro atoms. The van der Waals surface area contributed by atoms with E-state index >= 15 is 0 Å². The first kappa shape index (κ1) is 16.6. The summed E-state index contributed by atoms with van der Waals surface area (Å²) in [6.45, 7) is 3.38. The largest absolute Gasteiger partial charge is 0.493 e. The van der Waals surface area contributed by atoms with Gasteiger partial charge in [0, 0.05) is 12.1 Å². The van der Waals surface area contributed by atoms with Crippen molar-refractivity contribution in [2.45, 2.75) is 32.4 Å². The molecule has 0 saturated carbocycles. The summed E-state index contributed by atoms with van der Waals surface area (Å²) in [7, 11) is 4.80. The summed E-state index contributed by atoms with van der Waals surface area (Å²) in [5, 5.41) is 12.8. The van der Waals surface area contributed by atoms with Crippen LogP contribution in [0.3, 0.4) is 0 Å². The number of methoxy groups -OCH3 is 3. The SMILES string of the molecule is CCC(O)CCNCc1ccc(OC)c(OC)c1OC. The first-order valence-corrected chi connectivity index (χ1v) is 6.84. The molecule has 1 atom stereocenters. The average molecular weight is 283 g/mol. The predicted octanol–water partition coefficient (Wildman–Crippen LogP) is 1.96. The zero-order chi connectivity index (χ0) is 15.0. The van der Waals surface area contributed by atoms with Crippen molar-refractivity contribution in [3.05, 3.63) is 17.7 Å². The van der Waals surface area contributed by atoms with E-state index in [4.69, 9.17) is 14.2 Å². The predicted molar refractivity (Wildman–Crippen MR) is 78.7 cm³/mol. The van der Waals surface area contributed by atoms with Crippen molar-refractivity contribution in [2.24, 2.45) is 0 Å². The topological polar surface area (TPSA) is 60.0 Å². The van der Waals surface area contributed by atoms with E-state index in [9.17, 15) is 5.11 Å². The second kappa shape index (κ2) is 8.66. The van der Waals surface area contributed by atoms with Crippen molar-refractivity contribution < 1.29 is 19.3 Å². The molecule has 0 aliphatic rings. The van der Waals surface area contributed by atoms with Gasteiger partial charge in [-0.15, -0.1) is 0 Å². The van der Waals surface area contributed by atoms with Gasteiger partial charge in [-0.1, -0.05) is 13.0 Å². The summed E-state index contributed by atoms with van der Waals surface area (Å²) >= 11 is 0. The molecule has 0 aromatic heterocycles. The smallest absolute Gasteiger partial charge is 0.203 e. The molecule has 5 heteroatoms. The number of ether oxygens (including phenoxy) is 3. The Morgan fingerprint density at radius 2 is 1.80 bits per heavy atom. The molecule has 0 amide bonds. The Morgan fingerprint density at radius 3 is 2.35 bits per heavy atom. The normalized spacial score (nSPS) is 12.1. The summed E-state index contributed by atoms with van der Waals surface area (Å²) in [5.41, 5.74) is 0.996. The number of hydrogen-bond donors (Lipinski definition) is 2. The van der Waals surface area contributed by atoms with Crippen LogP contribution in [0.5, 0.6) is 17.2 Å². The standard InChI is InChI=1S/C15H25NO4/c1-5-12(17)8-9-16-10-11-6-7-13(18-2)15(20-4)14(11)19-3/h6-7,12,16-17H,5,8-10H2,1-4H3. The van der Waals surface area contributed by atoms with Gasteiger partial charge in [0.1, 0.15) is 0 Å². The second-order valence-electron chi connectivity index (χ2n) is 4.52. The molecular formula is C15H25NO4. The number of rotatable bonds is 9. The van der Waals surface area contributed by atoms with E-state index in [2.05, 4.69) is 5.32 Å². The molecule has 0 fully saturated rings. The molecular weight excluding hydrogens is 258 g/mol. The highest BCUT2D eigenvalue weighted by Gasteiger charge is 2.15. The van der Waals surface area contributed by atoms with Crippen molar-refractivity contribution in [3.8, 4) is 17.2 Å². The molecule has 5 nitrogen and oxygen atoms in total. The molecule has 0 heterocycles. The van der Waals surface area contributed by atoms with Crippen LogP contribution in [0.15, 0.2) is 12.1 Å². The maximum atomic E-state index is 9.51. The number of aliphatic hydroxyl groups is 1. The van der Waals surface area contributed by atoms with Gasteiger partial charge in [-0.3, -0.25) is 0 Å². The van der Waals surface area contributed by atoms with Crippen LogP contribution in [0.2, 0.25) is 0 Å². The molecule has 0 aliphatic carbocycles.